The molecule has 156 valence electrons. The predicted octanol–water partition coefficient (Wildman–Crippen LogP) is 5.68. The Morgan fingerprint density at radius 2 is 1.84 bits per heavy atom. The van der Waals surface area contributed by atoms with Crippen molar-refractivity contribution < 1.29 is 4.79 Å². The van der Waals surface area contributed by atoms with E-state index in [4.69, 9.17) is 23.2 Å². The molecule has 0 saturated carbocycles. The summed E-state index contributed by atoms with van der Waals surface area (Å²) in [5.41, 5.74) is 3.50. The fourth-order valence-electron chi connectivity index (χ4n) is 2.95. The Bertz CT molecular complexity index is 1230. The molecule has 0 radical (unpaired) electrons. The van der Waals surface area contributed by atoms with E-state index in [2.05, 4.69) is 20.5 Å². The van der Waals surface area contributed by atoms with Crippen LogP contribution in [0.2, 0.25) is 10.0 Å². The number of thioether (sulfide) groups is 1. The van der Waals surface area contributed by atoms with Crippen molar-refractivity contribution in [2.45, 2.75) is 12.1 Å². The zero-order valence-electron chi connectivity index (χ0n) is 16.4. The van der Waals surface area contributed by atoms with Crippen molar-refractivity contribution in [3.63, 3.8) is 0 Å². The van der Waals surface area contributed by atoms with Gasteiger partial charge in [0.1, 0.15) is 0 Å². The maximum Gasteiger partial charge on any atom is 0.234 e. The molecule has 1 N–H and O–H groups in total. The molecule has 4 aromatic rings. The molecule has 6 nitrogen and oxygen atoms in total. The SMILES string of the molecule is Cc1cccc(-n2c(SCC(=O)Nc3ccc(Cl)c(Cl)c3)nnc2-c2ccncc2)c1. The van der Waals surface area contributed by atoms with Gasteiger partial charge in [0.25, 0.3) is 0 Å². The molecule has 0 fully saturated rings. The van der Waals surface area contributed by atoms with E-state index in [1.54, 1.807) is 30.6 Å². The van der Waals surface area contributed by atoms with E-state index in [-0.39, 0.29) is 11.7 Å². The van der Waals surface area contributed by atoms with Gasteiger partial charge in [-0.25, -0.2) is 0 Å². The van der Waals surface area contributed by atoms with Gasteiger partial charge in [0.2, 0.25) is 5.91 Å². The highest BCUT2D eigenvalue weighted by molar-refractivity contribution is 7.99. The van der Waals surface area contributed by atoms with Crippen LogP contribution in [0.25, 0.3) is 17.1 Å². The van der Waals surface area contributed by atoms with E-state index in [1.165, 1.54) is 11.8 Å². The van der Waals surface area contributed by atoms with Crippen molar-refractivity contribution in [3.05, 3.63) is 82.6 Å². The Balaban J connectivity index is 1.58. The summed E-state index contributed by atoms with van der Waals surface area (Å²) in [6.07, 6.45) is 3.42. The van der Waals surface area contributed by atoms with E-state index < -0.39 is 0 Å². The van der Waals surface area contributed by atoms with Gasteiger partial charge in [-0.05, 0) is 55.0 Å². The predicted molar refractivity (Wildman–Crippen MR) is 125 cm³/mol. The average Bonchev–Trinajstić information content (AvgIpc) is 3.19. The molecule has 0 saturated heterocycles. The molecule has 0 aliphatic heterocycles. The van der Waals surface area contributed by atoms with Crippen LogP contribution in [0.3, 0.4) is 0 Å². The van der Waals surface area contributed by atoms with Gasteiger partial charge in [-0.1, -0.05) is 47.1 Å². The number of pyridine rings is 1. The number of hydrogen-bond donors (Lipinski definition) is 1. The van der Waals surface area contributed by atoms with Crippen molar-refractivity contribution in [2.75, 3.05) is 11.1 Å². The second-order valence-electron chi connectivity index (χ2n) is 6.68. The minimum atomic E-state index is -0.187. The van der Waals surface area contributed by atoms with Crippen molar-refractivity contribution in [1.82, 2.24) is 19.7 Å². The molecule has 0 aliphatic rings. The number of aryl methyl sites for hydroxylation is 1. The fourth-order valence-corrected chi connectivity index (χ4v) is 4.00. The van der Waals surface area contributed by atoms with Crippen LogP contribution in [-0.2, 0) is 4.79 Å². The van der Waals surface area contributed by atoms with Gasteiger partial charge in [-0.3, -0.25) is 14.3 Å². The normalized spacial score (nSPS) is 10.8. The smallest absolute Gasteiger partial charge is 0.234 e. The van der Waals surface area contributed by atoms with E-state index in [0.717, 1.165) is 16.8 Å². The maximum absolute atomic E-state index is 12.5. The lowest BCUT2D eigenvalue weighted by Crippen LogP contribution is -2.14. The number of nitrogens with one attached hydrogen (secondary N) is 1. The number of carbonyl (C=O) groups excluding carboxylic acids is 1. The van der Waals surface area contributed by atoms with Gasteiger partial charge >= 0.3 is 0 Å². The lowest BCUT2D eigenvalue weighted by Gasteiger charge is -2.11. The number of anilines is 1. The number of rotatable bonds is 6. The summed E-state index contributed by atoms with van der Waals surface area (Å²) in [6, 6.07) is 16.8. The van der Waals surface area contributed by atoms with Gasteiger partial charge in [0.15, 0.2) is 11.0 Å². The molecule has 0 spiro atoms. The Kier molecular flexibility index (Phi) is 6.56. The summed E-state index contributed by atoms with van der Waals surface area (Å²) >= 11 is 13.2. The quantitative estimate of drug-likeness (QED) is 0.368. The molecule has 4 rings (SSSR count). The summed E-state index contributed by atoms with van der Waals surface area (Å²) in [5, 5.41) is 13.0. The van der Waals surface area contributed by atoms with Crippen LogP contribution >= 0.6 is 35.0 Å². The van der Waals surface area contributed by atoms with Crippen molar-refractivity contribution in [1.29, 1.82) is 0 Å². The molecule has 31 heavy (non-hydrogen) atoms. The van der Waals surface area contributed by atoms with Crippen molar-refractivity contribution in [3.8, 4) is 17.1 Å². The minimum Gasteiger partial charge on any atom is -0.325 e. The molecule has 0 bridgehead atoms. The molecule has 2 heterocycles. The van der Waals surface area contributed by atoms with E-state index in [1.807, 2.05) is 47.9 Å². The summed E-state index contributed by atoms with van der Waals surface area (Å²) in [4.78, 5) is 16.6. The lowest BCUT2D eigenvalue weighted by molar-refractivity contribution is -0.113. The van der Waals surface area contributed by atoms with Crippen LogP contribution in [0.4, 0.5) is 5.69 Å². The monoisotopic (exact) mass is 469 g/mol. The van der Waals surface area contributed by atoms with Crippen LogP contribution in [0.15, 0.2) is 72.1 Å². The Hall–Kier alpha value is -2.87. The standard InChI is InChI=1S/C22H17Cl2N5OS/c1-14-3-2-4-17(11-14)29-21(15-7-9-25-10-8-15)27-28-22(29)31-13-20(30)26-16-5-6-18(23)19(24)12-16/h2-12H,13H2,1H3,(H,26,30). The largest absolute Gasteiger partial charge is 0.325 e. The first-order chi connectivity index (χ1) is 15.0. The summed E-state index contributed by atoms with van der Waals surface area (Å²) in [7, 11) is 0. The van der Waals surface area contributed by atoms with E-state index >= 15 is 0 Å². The van der Waals surface area contributed by atoms with Crippen LogP contribution < -0.4 is 5.32 Å². The van der Waals surface area contributed by atoms with Crippen LogP contribution in [0.1, 0.15) is 5.56 Å². The fraction of sp³-hybridized carbons (Fsp3) is 0.0909. The van der Waals surface area contributed by atoms with Gasteiger partial charge < -0.3 is 5.32 Å². The average molecular weight is 470 g/mol. The van der Waals surface area contributed by atoms with Crippen LogP contribution in [0, 0.1) is 6.92 Å². The van der Waals surface area contributed by atoms with Gasteiger partial charge in [-0.15, -0.1) is 10.2 Å². The van der Waals surface area contributed by atoms with E-state index in [0.29, 0.717) is 26.7 Å². The number of aromatic nitrogens is 4. The Labute approximate surface area is 193 Å². The Morgan fingerprint density at radius 3 is 2.58 bits per heavy atom. The third kappa shape index (κ3) is 5.07. The number of amides is 1. The molecule has 0 aliphatic carbocycles. The highest BCUT2D eigenvalue weighted by Crippen LogP contribution is 2.29. The molecule has 1 amide bonds. The first-order valence-corrected chi connectivity index (χ1v) is 11.1. The number of benzene rings is 2. The van der Waals surface area contributed by atoms with Crippen molar-refractivity contribution in [2.24, 2.45) is 0 Å². The first-order valence-electron chi connectivity index (χ1n) is 9.32. The third-order valence-corrected chi connectivity index (χ3v) is 6.04. The maximum atomic E-state index is 12.5. The van der Waals surface area contributed by atoms with Gasteiger partial charge in [0.05, 0.1) is 15.8 Å². The number of carbonyl (C=O) groups is 1. The second kappa shape index (κ2) is 9.51. The van der Waals surface area contributed by atoms with Gasteiger partial charge in [-0.2, -0.15) is 0 Å². The summed E-state index contributed by atoms with van der Waals surface area (Å²) < 4.78 is 1.94. The first kappa shape index (κ1) is 21.4. The van der Waals surface area contributed by atoms with Gasteiger partial charge in [0, 0.05) is 29.3 Å². The number of hydrogen-bond acceptors (Lipinski definition) is 5. The van der Waals surface area contributed by atoms with Crippen molar-refractivity contribution >= 4 is 46.6 Å². The minimum absolute atomic E-state index is 0.153. The Morgan fingerprint density at radius 1 is 1.03 bits per heavy atom. The molecule has 2 aromatic heterocycles. The van der Waals surface area contributed by atoms with Crippen LogP contribution in [0.5, 0.6) is 0 Å². The highest BCUT2D eigenvalue weighted by Gasteiger charge is 2.17. The third-order valence-electron chi connectivity index (χ3n) is 4.37. The summed E-state index contributed by atoms with van der Waals surface area (Å²) in [5.74, 6) is 0.647. The molecule has 9 heteroatoms. The zero-order valence-corrected chi connectivity index (χ0v) is 18.7. The number of halogens is 2. The lowest BCUT2D eigenvalue weighted by atomic mass is 10.2. The van der Waals surface area contributed by atoms with E-state index in [9.17, 15) is 4.79 Å². The topological polar surface area (TPSA) is 72.7 Å². The molecule has 2 aromatic carbocycles. The summed E-state index contributed by atoms with van der Waals surface area (Å²) in [6.45, 7) is 2.03. The van der Waals surface area contributed by atoms with Crippen LogP contribution in [-0.4, -0.2) is 31.4 Å². The molecular formula is C22H17Cl2N5OS. The molecule has 0 atom stereocenters. The zero-order chi connectivity index (χ0) is 21.8. The molecular weight excluding hydrogens is 453 g/mol. The molecule has 0 unspecified atom stereocenters. The second-order valence-corrected chi connectivity index (χ2v) is 8.44. The highest BCUT2D eigenvalue weighted by atomic mass is 35.5. The number of nitrogens with zero attached hydrogens (tertiary/aromatic N) is 4.